The van der Waals surface area contributed by atoms with Crippen LogP contribution < -0.4 is 10.6 Å². The molecule has 0 bridgehead atoms. The molecule has 2 amide bonds. The molecule has 0 aliphatic carbocycles. The van der Waals surface area contributed by atoms with E-state index in [9.17, 15) is 22.8 Å². The smallest absolute Gasteiger partial charge is 0.358 e. The number of nitrogens with zero attached hydrogens (tertiary/aromatic N) is 1. The Balaban J connectivity index is 1.56. The highest BCUT2D eigenvalue weighted by Crippen LogP contribution is 2.42. The Hall–Kier alpha value is -3.85. The number of amides is 2. The van der Waals surface area contributed by atoms with Gasteiger partial charge in [-0.05, 0) is 68.7 Å². The van der Waals surface area contributed by atoms with Crippen LogP contribution in [0.2, 0.25) is 0 Å². The number of nitrogens with one attached hydrogen (secondary N) is 3. The predicted octanol–water partition coefficient (Wildman–Crippen LogP) is 5.63. The molecule has 1 saturated heterocycles. The van der Waals surface area contributed by atoms with Crippen LogP contribution in [0.1, 0.15) is 52.3 Å². The van der Waals surface area contributed by atoms with Gasteiger partial charge in [0.05, 0.1) is 16.7 Å². The molecule has 1 fully saturated rings. The fraction of sp³-hybridized carbons (Fsp3) is 0.310. The molecule has 2 aliphatic rings. The molecule has 0 unspecified atom stereocenters. The maximum absolute atomic E-state index is 13.5. The number of benzene rings is 2. The third-order valence-electron chi connectivity index (χ3n) is 7.15. The Morgan fingerprint density at radius 3 is 2.42 bits per heavy atom. The lowest BCUT2D eigenvalue weighted by molar-refractivity contribution is -0.137. The monoisotopic (exact) mass is 522 g/mol. The molecular weight excluding hydrogens is 493 g/mol. The van der Waals surface area contributed by atoms with Crippen LogP contribution in [0.15, 0.2) is 42.5 Å². The molecule has 9 heteroatoms. The van der Waals surface area contributed by atoms with Crippen molar-refractivity contribution in [3.8, 4) is 11.1 Å². The number of piperazine rings is 1. The number of hydrogen-bond donors (Lipinski definition) is 3. The molecule has 0 saturated carbocycles. The number of aryl methyl sites for hydroxylation is 1. The first kappa shape index (κ1) is 25.8. The second-order valence-corrected chi connectivity index (χ2v) is 10.2. The Labute approximate surface area is 218 Å². The average molecular weight is 523 g/mol. The van der Waals surface area contributed by atoms with E-state index < -0.39 is 11.7 Å². The summed E-state index contributed by atoms with van der Waals surface area (Å²) < 4.78 is 40.2. The van der Waals surface area contributed by atoms with Crippen LogP contribution in [0.25, 0.3) is 22.8 Å². The molecule has 6 nitrogen and oxygen atoms in total. The zero-order chi connectivity index (χ0) is 27.4. The number of halogens is 3. The number of aromatic amines is 1. The SMILES string of the molecule is Cc1[nH]c(C=C2C(=O)Nc3cccc(-c4cccc(C(F)(F)F)c4)c32)c(C)c1C(=O)N1C[C@@H](C)N[C@@H](C)C1. The normalized spacial score (nSPS) is 20.6. The summed E-state index contributed by atoms with van der Waals surface area (Å²) >= 11 is 0. The van der Waals surface area contributed by atoms with Gasteiger partial charge in [-0.2, -0.15) is 13.2 Å². The molecule has 2 atom stereocenters. The lowest BCUT2D eigenvalue weighted by Crippen LogP contribution is -2.55. The minimum atomic E-state index is -4.48. The minimum absolute atomic E-state index is 0.0676. The quantitative estimate of drug-likeness (QED) is 0.390. The van der Waals surface area contributed by atoms with E-state index in [1.807, 2.05) is 32.6 Å². The van der Waals surface area contributed by atoms with Crippen molar-refractivity contribution in [2.75, 3.05) is 18.4 Å². The largest absolute Gasteiger partial charge is 0.416 e. The molecule has 1 aromatic heterocycles. The molecule has 2 aromatic carbocycles. The van der Waals surface area contributed by atoms with E-state index in [0.717, 1.165) is 17.7 Å². The number of rotatable bonds is 3. The van der Waals surface area contributed by atoms with Crippen LogP contribution in [-0.4, -0.2) is 46.9 Å². The van der Waals surface area contributed by atoms with Crippen LogP contribution in [0.3, 0.4) is 0 Å². The molecule has 5 rings (SSSR count). The summed E-state index contributed by atoms with van der Waals surface area (Å²) in [5.41, 5.74) is 4.09. The summed E-state index contributed by atoms with van der Waals surface area (Å²) in [5, 5.41) is 6.25. The first-order valence-corrected chi connectivity index (χ1v) is 12.5. The first-order valence-electron chi connectivity index (χ1n) is 12.5. The van der Waals surface area contributed by atoms with Crippen molar-refractivity contribution in [1.29, 1.82) is 0 Å². The number of H-pyrrole nitrogens is 1. The van der Waals surface area contributed by atoms with E-state index in [1.165, 1.54) is 6.07 Å². The Morgan fingerprint density at radius 1 is 1.05 bits per heavy atom. The van der Waals surface area contributed by atoms with Crippen LogP contribution in [0.4, 0.5) is 18.9 Å². The fourth-order valence-electron chi connectivity index (χ4n) is 5.53. The maximum atomic E-state index is 13.5. The van der Waals surface area contributed by atoms with Crippen LogP contribution in [-0.2, 0) is 11.0 Å². The Bertz CT molecular complexity index is 1460. The van der Waals surface area contributed by atoms with E-state index in [2.05, 4.69) is 15.6 Å². The van der Waals surface area contributed by atoms with Gasteiger partial charge >= 0.3 is 6.18 Å². The summed E-state index contributed by atoms with van der Waals surface area (Å²) in [5.74, 6) is -0.425. The molecule has 0 radical (unpaired) electrons. The molecule has 3 aromatic rings. The molecule has 3 N–H and O–H groups in total. The van der Waals surface area contributed by atoms with Gasteiger partial charge in [0.2, 0.25) is 0 Å². The highest BCUT2D eigenvalue weighted by Gasteiger charge is 2.33. The highest BCUT2D eigenvalue weighted by molar-refractivity contribution is 6.36. The standard InChI is InChI=1S/C29H29F3N4O2/c1-15-13-36(14-16(2)33-15)28(38)25-17(3)24(34-18(25)4)12-22-26-21(9-6-10-23(26)35-27(22)37)19-7-5-8-20(11-19)29(30,31)32/h5-12,15-16,33-34H,13-14H2,1-4H3,(H,35,37)/t15-,16+. The van der Waals surface area contributed by atoms with Crippen molar-refractivity contribution in [3.05, 3.63) is 76.1 Å². The van der Waals surface area contributed by atoms with Gasteiger partial charge in [0.25, 0.3) is 11.8 Å². The van der Waals surface area contributed by atoms with Crippen LogP contribution in [0.5, 0.6) is 0 Å². The number of alkyl halides is 3. The molecule has 198 valence electrons. The number of aromatic nitrogens is 1. The van der Waals surface area contributed by atoms with Crippen molar-refractivity contribution < 1.29 is 22.8 Å². The predicted molar refractivity (Wildman–Crippen MR) is 142 cm³/mol. The van der Waals surface area contributed by atoms with Gasteiger partial charge in [-0.1, -0.05) is 24.3 Å². The van der Waals surface area contributed by atoms with E-state index >= 15 is 0 Å². The number of carbonyl (C=O) groups excluding carboxylic acids is 2. The molecule has 0 spiro atoms. The van der Waals surface area contributed by atoms with E-state index in [-0.39, 0.29) is 23.9 Å². The van der Waals surface area contributed by atoms with Crippen LogP contribution in [0, 0.1) is 13.8 Å². The van der Waals surface area contributed by atoms with E-state index in [1.54, 1.807) is 30.3 Å². The number of anilines is 1. The van der Waals surface area contributed by atoms with Gasteiger partial charge < -0.3 is 20.5 Å². The van der Waals surface area contributed by atoms with Crippen molar-refractivity contribution in [2.45, 2.75) is 46.0 Å². The third kappa shape index (κ3) is 4.62. The zero-order valence-corrected chi connectivity index (χ0v) is 21.6. The van der Waals surface area contributed by atoms with E-state index in [4.69, 9.17) is 0 Å². The summed E-state index contributed by atoms with van der Waals surface area (Å²) in [4.78, 5) is 31.6. The number of hydrogen-bond acceptors (Lipinski definition) is 3. The summed E-state index contributed by atoms with van der Waals surface area (Å²) in [6, 6.07) is 10.6. The van der Waals surface area contributed by atoms with Crippen molar-refractivity contribution in [2.24, 2.45) is 0 Å². The zero-order valence-electron chi connectivity index (χ0n) is 21.6. The molecule has 3 heterocycles. The van der Waals surface area contributed by atoms with Crippen molar-refractivity contribution in [3.63, 3.8) is 0 Å². The van der Waals surface area contributed by atoms with Gasteiger partial charge in [-0.3, -0.25) is 9.59 Å². The third-order valence-corrected chi connectivity index (χ3v) is 7.15. The van der Waals surface area contributed by atoms with Gasteiger partial charge in [0, 0.05) is 47.8 Å². The highest BCUT2D eigenvalue weighted by atomic mass is 19.4. The lowest BCUT2D eigenvalue weighted by Gasteiger charge is -2.36. The van der Waals surface area contributed by atoms with Crippen molar-refractivity contribution in [1.82, 2.24) is 15.2 Å². The molecule has 38 heavy (non-hydrogen) atoms. The average Bonchev–Trinajstić information content (AvgIpc) is 3.32. The second kappa shape index (κ2) is 9.47. The number of carbonyl (C=O) groups is 2. The van der Waals surface area contributed by atoms with E-state index in [0.29, 0.717) is 58.0 Å². The summed E-state index contributed by atoms with van der Waals surface area (Å²) in [6.07, 6.45) is -2.80. The van der Waals surface area contributed by atoms with Gasteiger partial charge in [-0.15, -0.1) is 0 Å². The maximum Gasteiger partial charge on any atom is 0.416 e. The van der Waals surface area contributed by atoms with Gasteiger partial charge in [-0.25, -0.2) is 0 Å². The van der Waals surface area contributed by atoms with Gasteiger partial charge in [0.1, 0.15) is 0 Å². The Kier molecular flexibility index (Phi) is 6.43. The number of fused-ring (bicyclic) bond motifs is 1. The first-order chi connectivity index (χ1) is 17.9. The summed E-state index contributed by atoms with van der Waals surface area (Å²) in [6.45, 7) is 8.94. The van der Waals surface area contributed by atoms with Gasteiger partial charge in [0.15, 0.2) is 0 Å². The fourth-order valence-corrected chi connectivity index (χ4v) is 5.53. The summed E-state index contributed by atoms with van der Waals surface area (Å²) in [7, 11) is 0. The van der Waals surface area contributed by atoms with Crippen molar-refractivity contribution >= 4 is 29.2 Å². The minimum Gasteiger partial charge on any atom is -0.358 e. The van der Waals surface area contributed by atoms with Crippen LogP contribution >= 0.6 is 0 Å². The molecule has 2 aliphatic heterocycles. The Morgan fingerprint density at radius 2 is 1.74 bits per heavy atom. The molecular formula is C29H29F3N4O2. The second-order valence-electron chi connectivity index (χ2n) is 10.2. The topological polar surface area (TPSA) is 77.2 Å². The lowest BCUT2D eigenvalue weighted by atomic mass is 9.93.